The fourth-order valence-corrected chi connectivity index (χ4v) is 1.93. The summed E-state index contributed by atoms with van der Waals surface area (Å²) in [4.78, 5) is 0. The average molecular weight is 275 g/mol. The zero-order valence-corrected chi connectivity index (χ0v) is 11.9. The van der Waals surface area contributed by atoms with E-state index in [0.29, 0.717) is 13.1 Å². The van der Waals surface area contributed by atoms with E-state index in [1.54, 1.807) is 6.26 Å². The molecule has 0 aliphatic rings. The quantitative estimate of drug-likeness (QED) is 0.816. The van der Waals surface area contributed by atoms with E-state index in [4.69, 9.17) is 9.15 Å². The lowest BCUT2D eigenvalue weighted by molar-refractivity contribution is 0.172. The third-order valence-corrected chi connectivity index (χ3v) is 2.83. The molecule has 0 aliphatic heterocycles. The molecule has 20 heavy (non-hydrogen) atoms. The van der Waals surface area contributed by atoms with Gasteiger partial charge in [-0.15, -0.1) is 0 Å². The average Bonchev–Trinajstić information content (AvgIpc) is 2.91. The first-order valence-corrected chi connectivity index (χ1v) is 6.83. The summed E-state index contributed by atoms with van der Waals surface area (Å²) in [6.45, 7) is 5.03. The first-order chi connectivity index (χ1) is 9.65. The summed E-state index contributed by atoms with van der Waals surface area (Å²) in [5.41, 5.74) is 0.843. The van der Waals surface area contributed by atoms with Gasteiger partial charge < -0.3 is 19.6 Å². The van der Waals surface area contributed by atoms with Crippen LogP contribution in [0.25, 0.3) is 0 Å². The van der Waals surface area contributed by atoms with Crippen molar-refractivity contribution in [1.29, 1.82) is 0 Å². The number of furan rings is 1. The third-order valence-electron chi connectivity index (χ3n) is 2.83. The predicted molar refractivity (Wildman–Crippen MR) is 77.6 cm³/mol. The van der Waals surface area contributed by atoms with Crippen molar-refractivity contribution in [2.75, 3.05) is 6.54 Å². The Morgan fingerprint density at radius 1 is 1.25 bits per heavy atom. The predicted octanol–water partition coefficient (Wildman–Crippen LogP) is 2.89. The number of aliphatic hydroxyl groups is 1. The highest BCUT2D eigenvalue weighted by Crippen LogP contribution is 2.20. The zero-order chi connectivity index (χ0) is 14.4. The molecule has 1 heterocycles. The molecule has 2 rings (SSSR count). The van der Waals surface area contributed by atoms with Crippen molar-refractivity contribution in [2.24, 2.45) is 0 Å². The van der Waals surface area contributed by atoms with E-state index in [9.17, 15) is 5.11 Å². The highest BCUT2D eigenvalue weighted by molar-refractivity contribution is 5.30. The molecule has 2 aromatic rings. The standard InChI is InChI=1S/C16H21NO3/c1-12(2)20-14-6-3-5-13(9-14)16(18)11-17-10-15-7-4-8-19-15/h3-9,12,16-18H,10-11H2,1-2H3. The van der Waals surface area contributed by atoms with Crippen LogP contribution in [-0.4, -0.2) is 17.8 Å². The number of benzene rings is 1. The topological polar surface area (TPSA) is 54.6 Å². The second-order valence-electron chi connectivity index (χ2n) is 4.97. The molecule has 4 heteroatoms. The summed E-state index contributed by atoms with van der Waals surface area (Å²) in [5.74, 6) is 1.64. The van der Waals surface area contributed by atoms with Crippen LogP contribution in [-0.2, 0) is 6.54 Å². The van der Waals surface area contributed by atoms with Crippen LogP contribution in [0, 0.1) is 0 Å². The SMILES string of the molecule is CC(C)Oc1cccc(C(O)CNCc2ccco2)c1. The van der Waals surface area contributed by atoms with Crippen molar-refractivity contribution >= 4 is 0 Å². The molecular formula is C16H21NO3. The lowest BCUT2D eigenvalue weighted by Crippen LogP contribution is -2.20. The van der Waals surface area contributed by atoms with Crippen molar-refractivity contribution in [3.05, 3.63) is 54.0 Å². The minimum atomic E-state index is -0.569. The van der Waals surface area contributed by atoms with Crippen LogP contribution in [0.3, 0.4) is 0 Å². The Labute approximate surface area is 119 Å². The van der Waals surface area contributed by atoms with Gasteiger partial charge in [0, 0.05) is 6.54 Å². The van der Waals surface area contributed by atoms with E-state index in [1.807, 2.05) is 50.2 Å². The Balaban J connectivity index is 1.86. The van der Waals surface area contributed by atoms with Crippen LogP contribution in [0.4, 0.5) is 0 Å². The molecule has 1 unspecified atom stereocenters. The largest absolute Gasteiger partial charge is 0.491 e. The van der Waals surface area contributed by atoms with Gasteiger partial charge in [0.2, 0.25) is 0 Å². The molecule has 0 spiro atoms. The highest BCUT2D eigenvalue weighted by Gasteiger charge is 2.09. The van der Waals surface area contributed by atoms with Crippen LogP contribution >= 0.6 is 0 Å². The minimum absolute atomic E-state index is 0.125. The highest BCUT2D eigenvalue weighted by atomic mass is 16.5. The van der Waals surface area contributed by atoms with E-state index in [0.717, 1.165) is 17.1 Å². The number of ether oxygens (including phenoxy) is 1. The summed E-state index contributed by atoms with van der Waals surface area (Å²) < 4.78 is 10.8. The molecule has 0 saturated heterocycles. The molecule has 1 aromatic heterocycles. The maximum atomic E-state index is 10.2. The molecule has 0 saturated carbocycles. The third kappa shape index (κ3) is 4.40. The molecule has 0 aliphatic carbocycles. The Bertz CT molecular complexity index is 508. The van der Waals surface area contributed by atoms with Gasteiger partial charge in [0.05, 0.1) is 25.0 Å². The van der Waals surface area contributed by atoms with Gasteiger partial charge in [-0.25, -0.2) is 0 Å². The lowest BCUT2D eigenvalue weighted by atomic mass is 10.1. The van der Waals surface area contributed by atoms with Gasteiger partial charge in [-0.2, -0.15) is 0 Å². The van der Waals surface area contributed by atoms with Gasteiger partial charge in [-0.05, 0) is 43.7 Å². The maximum Gasteiger partial charge on any atom is 0.120 e. The van der Waals surface area contributed by atoms with Gasteiger partial charge in [-0.3, -0.25) is 0 Å². The van der Waals surface area contributed by atoms with Crippen molar-refractivity contribution in [3.63, 3.8) is 0 Å². The van der Waals surface area contributed by atoms with Gasteiger partial charge in [0.25, 0.3) is 0 Å². The Morgan fingerprint density at radius 2 is 2.10 bits per heavy atom. The Kier molecular flexibility index (Phi) is 5.21. The number of hydrogen-bond donors (Lipinski definition) is 2. The van der Waals surface area contributed by atoms with E-state index < -0.39 is 6.10 Å². The van der Waals surface area contributed by atoms with Gasteiger partial charge in [0.15, 0.2) is 0 Å². The van der Waals surface area contributed by atoms with Crippen molar-refractivity contribution < 1.29 is 14.3 Å². The van der Waals surface area contributed by atoms with Crippen molar-refractivity contribution in [3.8, 4) is 5.75 Å². The fraction of sp³-hybridized carbons (Fsp3) is 0.375. The molecule has 4 nitrogen and oxygen atoms in total. The summed E-state index contributed by atoms with van der Waals surface area (Å²) in [5, 5.41) is 13.3. The van der Waals surface area contributed by atoms with E-state index in [2.05, 4.69) is 5.32 Å². The molecule has 0 amide bonds. The van der Waals surface area contributed by atoms with E-state index in [1.165, 1.54) is 0 Å². The second-order valence-corrected chi connectivity index (χ2v) is 4.97. The molecule has 1 atom stereocenters. The van der Waals surface area contributed by atoms with Crippen LogP contribution < -0.4 is 10.1 Å². The summed E-state index contributed by atoms with van der Waals surface area (Å²) in [6.07, 6.45) is 1.19. The summed E-state index contributed by atoms with van der Waals surface area (Å²) >= 11 is 0. The number of rotatable bonds is 7. The lowest BCUT2D eigenvalue weighted by Gasteiger charge is -2.14. The number of aliphatic hydroxyl groups excluding tert-OH is 1. The molecule has 108 valence electrons. The normalized spacial score (nSPS) is 12.6. The molecule has 0 fully saturated rings. The smallest absolute Gasteiger partial charge is 0.120 e. The number of hydrogen-bond acceptors (Lipinski definition) is 4. The van der Waals surface area contributed by atoms with Crippen LogP contribution in [0.2, 0.25) is 0 Å². The van der Waals surface area contributed by atoms with Crippen molar-refractivity contribution in [1.82, 2.24) is 5.32 Å². The molecule has 0 radical (unpaired) electrons. The van der Waals surface area contributed by atoms with E-state index >= 15 is 0 Å². The second kappa shape index (κ2) is 7.12. The zero-order valence-electron chi connectivity index (χ0n) is 11.9. The number of nitrogens with one attached hydrogen (secondary N) is 1. The molecule has 0 bridgehead atoms. The summed E-state index contributed by atoms with van der Waals surface area (Å²) in [6, 6.07) is 11.3. The molecule has 1 aromatic carbocycles. The Hall–Kier alpha value is -1.78. The van der Waals surface area contributed by atoms with Gasteiger partial charge in [0.1, 0.15) is 11.5 Å². The van der Waals surface area contributed by atoms with Gasteiger partial charge >= 0.3 is 0 Å². The van der Waals surface area contributed by atoms with Crippen LogP contribution in [0.5, 0.6) is 5.75 Å². The maximum absolute atomic E-state index is 10.2. The van der Waals surface area contributed by atoms with Gasteiger partial charge in [-0.1, -0.05) is 12.1 Å². The minimum Gasteiger partial charge on any atom is -0.491 e. The van der Waals surface area contributed by atoms with Crippen molar-refractivity contribution in [2.45, 2.75) is 32.6 Å². The van der Waals surface area contributed by atoms with Crippen LogP contribution in [0.1, 0.15) is 31.3 Å². The monoisotopic (exact) mass is 275 g/mol. The first kappa shape index (κ1) is 14.6. The van der Waals surface area contributed by atoms with E-state index in [-0.39, 0.29) is 6.10 Å². The molecule has 2 N–H and O–H groups in total. The molecular weight excluding hydrogens is 254 g/mol. The fourth-order valence-electron chi connectivity index (χ4n) is 1.93. The van der Waals surface area contributed by atoms with Crippen LogP contribution in [0.15, 0.2) is 47.1 Å². The first-order valence-electron chi connectivity index (χ1n) is 6.83. The Morgan fingerprint density at radius 3 is 2.80 bits per heavy atom. The summed E-state index contributed by atoms with van der Waals surface area (Å²) in [7, 11) is 0.